The maximum atomic E-state index is 12.6. The highest BCUT2D eigenvalue weighted by atomic mass is 16.5. The number of aromatic nitrogens is 1. The highest BCUT2D eigenvalue weighted by Crippen LogP contribution is 2.40. The molecule has 0 unspecified atom stereocenters. The Bertz CT molecular complexity index is 950. The van der Waals surface area contributed by atoms with Gasteiger partial charge in [0.15, 0.2) is 11.5 Å². The third kappa shape index (κ3) is 4.40. The number of carbonyl (C=O) groups is 1. The van der Waals surface area contributed by atoms with Crippen molar-refractivity contribution in [1.29, 1.82) is 0 Å². The molecule has 0 spiro atoms. The molecule has 1 N–H and O–H groups in total. The van der Waals surface area contributed by atoms with Gasteiger partial charge in [0.2, 0.25) is 5.75 Å². The van der Waals surface area contributed by atoms with Gasteiger partial charge in [0, 0.05) is 30.6 Å². The van der Waals surface area contributed by atoms with Crippen LogP contribution in [0.15, 0.2) is 60.8 Å². The molecule has 7 nitrogen and oxygen atoms in total. The van der Waals surface area contributed by atoms with Crippen LogP contribution in [-0.4, -0.2) is 39.3 Å². The van der Waals surface area contributed by atoms with Crippen LogP contribution >= 0.6 is 0 Å². The van der Waals surface area contributed by atoms with Crippen molar-refractivity contribution in [2.24, 2.45) is 0 Å². The molecule has 0 bridgehead atoms. The molecule has 0 aliphatic carbocycles. The van der Waals surface area contributed by atoms with Crippen LogP contribution in [0.5, 0.6) is 17.2 Å². The Labute approximate surface area is 169 Å². The molecule has 0 saturated carbocycles. The molecular weight excluding hydrogens is 370 g/mol. The van der Waals surface area contributed by atoms with Crippen molar-refractivity contribution >= 4 is 23.0 Å². The summed E-state index contributed by atoms with van der Waals surface area (Å²) in [6, 6.07) is 16.5. The average Bonchev–Trinajstić information content (AvgIpc) is 2.78. The number of rotatable bonds is 7. The molecule has 0 fully saturated rings. The fraction of sp³-hybridized carbons (Fsp3) is 0.182. The number of para-hydroxylation sites is 1. The quantitative estimate of drug-likeness (QED) is 0.651. The number of anilines is 3. The van der Waals surface area contributed by atoms with Gasteiger partial charge in [-0.25, -0.2) is 4.98 Å². The lowest BCUT2D eigenvalue weighted by Crippen LogP contribution is -2.26. The van der Waals surface area contributed by atoms with Crippen LogP contribution in [0.2, 0.25) is 0 Å². The fourth-order valence-electron chi connectivity index (χ4n) is 2.85. The molecular formula is C22H23N3O4. The number of methoxy groups -OCH3 is 3. The first kappa shape index (κ1) is 20.0. The van der Waals surface area contributed by atoms with Crippen molar-refractivity contribution < 1.29 is 19.0 Å². The molecule has 0 aliphatic rings. The van der Waals surface area contributed by atoms with Gasteiger partial charge in [-0.05, 0) is 24.3 Å². The number of nitrogens with one attached hydrogen (secondary N) is 1. The monoisotopic (exact) mass is 393 g/mol. The molecule has 0 aliphatic heterocycles. The highest BCUT2D eigenvalue weighted by Gasteiger charge is 2.16. The number of ether oxygens (including phenoxy) is 3. The molecule has 29 heavy (non-hydrogen) atoms. The zero-order chi connectivity index (χ0) is 20.8. The fourth-order valence-corrected chi connectivity index (χ4v) is 2.85. The Balaban J connectivity index is 1.78. The van der Waals surface area contributed by atoms with Crippen molar-refractivity contribution in [3.05, 3.63) is 66.5 Å². The summed E-state index contributed by atoms with van der Waals surface area (Å²) in [6.45, 7) is 0. The second kappa shape index (κ2) is 8.97. The van der Waals surface area contributed by atoms with Gasteiger partial charge in [0.05, 0.1) is 33.2 Å². The Hall–Kier alpha value is -3.74. The number of hydrogen-bond acceptors (Lipinski definition) is 6. The van der Waals surface area contributed by atoms with E-state index >= 15 is 0 Å². The second-order valence-electron chi connectivity index (χ2n) is 6.17. The molecule has 1 aromatic heterocycles. The van der Waals surface area contributed by atoms with Gasteiger partial charge in [-0.2, -0.15) is 0 Å². The lowest BCUT2D eigenvalue weighted by atomic mass is 10.2. The summed E-state index contributed by atoms with van der Waals surface area (Å²) < 4.78 is 16.1. The minimum atomic E-state index is -0.185. The lowest BCUT2D eigenvalue weighted by molar-refractivity contribution is 0.0988. The lowest BCUT2D eigenvalue weighted by Gasteiger charge is -2.17. The Kier molecular flexibility index (Phi) is 6.19. The van der Waals surface area contributed by atoms with Crippen molar-refractivity contribution in [3.63, 3.8) is 0 Å². The zero-order valence-electron chi connectivity index (χ0n) is 16.8. The van der Waals surface area contributed by atoms with E-state index < -0.39 is 0 Å². The molecule has 3 aromatic rings. The highest BCUT2D eigenvalue weighted by molar-refractivity contribution is 6.04. The summed E-state index contributed by atoms with van der Waals surface area (Å²) >= 11 is 0. The van der Waals surface area contributed by atoms with Gasteiger partial charge in [0.1, 0.15) is 5.69 Å². The van der Waals surface area contributed by atoms with Gasteiger partial charge in [-0.1, -0.05) is 18.2 Å². The summed E-state index contributed by atoms with van der Waals surface area (Å²) in [4.78, 5) is 18.5. The Morgan fingerprint density at radius 1 is 0.897 bits per heavy atom. The third-order valence-corrected chi connectivity index (χ3v) is 4.38. The van der Waals surface area contributed by atoms with E-state index in [1.807, 2.05) is 30.3 Å². The number of benzene rings is 2. The van der Waals surface area contributed by atoms with Crippen molar-refractivity contribution in [3.8, 4) is 17.2 Å². The van der Waals surface area contributed by atoms with E-state index in [4.69, 9.17) is 14.2 Å². The minimum Gasteiger partial charge on any atom is -0.493 e. The summed E-state index contributed by atoms with van der Waals surface area (Å²) in [5.74, 6) is 1.41. The van der Waals surface area contributed by atoms with Gasteiger partial charge in [-0.15, -0.1) is 0 Å². The van der Waals surface area contributed by atoms with E-state index in [0.717, 1.165) is 17.1 Å². The van der Waals surface area contributed by atoms with Gasteiger partial charge < -0.3 is 24.4 Å². The van der Waals surface area contributed by atoms with Crippen LogP contribution in [-0.2, 0) is 0 Å². The van der Waals surface area contributed by atoms with Gasteiger partial charge in [0.25, 0.3) is 5.91 Å². The molecule has 0 saturated heterocycles. The number of nitrogens with zero attached hydrogens (tertiary/aromatic N) is 2. The number of carbonyl (C=O) groups excluding carboxylic acids is 1. The van der Waals surface area contributed by atoms with Crippen LogP contribution < -0.4 is 24.4 Å². The van der Waals surface area contributed by atoms with Crippen LogP contribution in [0, 0.1) is 0 Å². The van der Waals surface area contributed by atoms with Crippen LogP contribution in [0.3, 0.4) is 0 Å². The zero-order valence-corrected chi connectivity index (χ0v) is 16.8. The normalized spacial score (nSPS) is 10.2. The first-order valence-corrected chi connectivity index (χ1v) is 8.93. The summed E-state index contributed by atoms with van der Waals surface area (Å²) in [5.41, 5.74) is 2.62. The molecule has 1 heterocycles. The maximum absolute atomic E-state index is 12.6. The first-order valence-electron chi connectivity index (χ1n) is 8.93. The van der Waals surface area contributed by atoms with Gasteiger partial charge >= 0.3 is 0 Å². The largest absolute Gasteiger partial charge is 0.493 e. The smallest absolute Gasteiger partial charge is 0.276 e. The molecule has 2 aromatic carbocycles. The molecule has 150 valence electrons. The van der Waals surface area contributed by atoms with Crippen LogP contribution in [0.25, 0.3) is 0 Å². The average molecular weight is 393 g/mol. The van der Waals surface area contributed by atoms with E-state index in [9.17, 15) is 4.79 Å². The predicted octanol–water partition coefficient (Wildman–Crippen LogP) is 4.13. The predicted molar refractivity (Wildman–Crippen MR) is 113 cm³/mol. The third-order valence-electron chi connectivity index (χ3n) is 4.38. The first-order chi connectivity index (χ1) is 14.1. The van der Waals surface area contributed by atoms with Crippen LogP contribution in [0.1, 0.15) is 10.5 Å². The molecule has 7 heteroatoms. The van der Waals surface area contributed by atoms with E-state index in [1.165, 1.54) is 0 Å². The van der Waals surface area contributed by atoms with E-state index in [0.29, 0.717) is 22.9 Å². The molecule has 1 amide bonds. The Morgan fingerprint density at radius 2 is 1.55 bits per heavy atom. The van der Waals surface area contributed by atoms with Crippen molar-refractivity contribution in [2.75, 3.05) is 38.6 Å². The number of pyridine rings is 1. The SMILES string of the molecule is COc1cc(Nc2ccc(C(=O)N(C)c3ccccc3)nc2)cc(OC)c1OC. The second-order valence-corrected chi connectivity index (χ2v) is 6.17. The summed E-state index contributed by atoms with van der Waals surface area (Å²) in [5, 5.41) is 3.23. The standard InChI is InChI=1S/C22H23N3O4/c1-25(17-8-6-5-7-9-17)22(26)18-11-10-15(14-23-18)24-16-12-19(27-2)21(29-4)20(13-16)28-3/h5-14,24H,1-4H3. The van der Waals surface area contributed by atoms with Crippen molar-refractivity contribution in [2.45, 2.75) is 0 Å². The maximum Gasteiger partial charge on any atom is 0.276 e. The summed E-state index contributed by atoms with van der Waals surface area (Å²) in [7, 11) is 6.40. The van der Waals surface area contributed by atoms with E-state index in [-0.39, 0.29) is 5.91 Å². The van der Waals surface area contributed by atoms with E-state index in [1.54, 1.807) is 63.7 Å². The van der Waals surface area contributed by atoms with Gasteiger partial charge in [-0.3, -0.25) is 4.79 Å². The number of hydrogen-bond donors (Lipinski definition) is 1. The minimum absolute atomic E-state index is 0.185. The summed E-state index contributed by atoms with van der Waals surface area (Å²) in [6.07, 6.45) is 1.61. The van der Waals surface area contributed by atoms with Crippen LogP contribution in [0.4, 0.5) is 17.1 Å². The molecule has 0 atom stereocenters. The topological polar surface area (TPSA) is 72.9 Å². The number of amides is 1. The Morgan fingerprint density at radius 3 is 2.07 bits per heavy atom. The van der Waals surface area contributed by atoms with Crippen molar-refractivity contribution in [1.82, 2.24) is 4.98 Å². The molecule has 0 radical (unpaired) electrons. The molecule has 3 rings (SSSR count). The van der Waals surface area contributed by atoms with E-state index in [2.05, 4.69) is 10.3 Å².